The molecule has 0 saturated carbocycles. The van der Waals surface area contributed by atoms with Crippen LogP contribution in [0.25, 0.3) is 11.0 Å². The molecule has 1 atom stereocenters. The van der Waals surface area contributed by atoms with Crippen molar-refractivity contribution in [1.82, 2.24) is 0 Å². The Morgan fingerprint density at radius 2 is 2.11 bits per heavy atom. The van der Waals surface area contributed by atoms with Crippen LogP contribution in [0.2, 0.25) is 0 Å². The molecule has 0 spiro atoms. The highest BCUT2D eigenvalue weighted by atomic mass is 16.5. The first-order chi connectivity index (χ1) is 8.81. The zero-order valence-corrected chi connectivity index (χ0v) is 10.6. The van der Waals surface area contributed by atoms with Gasteiger partial charge in [0, 0.05) is 25.7 Å². The molecule has 1 aromatic heterocycles. The topological polar surface area (TPSA) is 57.6 Å². The quantitative estimate of drug-likeness (QED) is 0.766. The van der Waals surface area contributed by atoms with Crippen molar-refractivity contribution in [3.8, 4) is 0 Å². The molecule has 1 aromatic carbocycles. The maximum Gasteiger partial charge on any atom is 0.134 e. The van der Waals surface area contributed by atoms with Crippen LogP contribution in [0.4, 0.5) is 0 Å². The fraction of sp³-hybridized carbons (Fsp3) is 0.429. The second kappa shape index (κ2) is 6.54. The first-order valence-corrected chi connectivity index (χ1v) is 6.12. The van der Waals surface area contributed by atoms with E-state index in [9.17, 15) is 0 Å². The van der Waals surface area contributed by atoms with Crippen LogP contribution in [0.5, 0.6) is 0 Å². The minimum atomic E-state index is -0.222. The molecule has 0 amide bonds. The van der Waals surface area contributed by atoms with Crippen molar-refractivity contribution in [2.75, 3.05) is 26.9 Å². The summed E-state index contributed by atoms with van der Waals surface area (Å²) in [5.41, 5.74) is 6.89. The summed E-state index contributed by atoms with van der Waals surface area (Å²) in [6, 6.07) is 9.62. The van der Waals surface area contributed by atoms with Crippen molar-refractivity contribution in [2.45, 2.75) is 12.5 Å². The van der Waals surface area contributed by atoms with Gasteiger partial charge in [-0.05, 0) is 18.6 Å². The van der Waals surface area contributed by atoms with Crippen molar-refractivity contribution < 1.29 is 13.9 Å². The molecule has 0 aliphatic rings. The molecule has 0 bridgehead atoms. The maximum atomic E-state index is 6.02. The number of fused-ring (bicyclic) bond motifs is 1. The smallest absolute Gasteiger partial charge is 0.134 e. The molecular weight excluding hydrogens is 230 g/mol. The van der Waals surface area contributed by atoms with E-state index in [1.54, 1.807) is 7.11 Å². The fourth-order valence-electron chi connectivity index (χ4n) is 1.78. The normalized spacial score (nSPS) is 13.0. The van der Waals surface area contributed by atoms with Gasteiger partial charge in [-0.1, -0.05) is 18.2 Å². The molecule has 0 fully saturated rings. The summed E-state index contributed by atoms with van der Waals surface area (Å²) < 4.78 is 16.1. The lowest BCUT2D eigenvalue weighted by molar-refractivity contribution is 0.0909. The molecule has 1 unspecified atom stereocenters. The van der Waals surface area contributed by atoms with Gasteiger partial charge in [0.1, 0.15) is 11.3 Å². The maximum absolute atomic E-state index is 6.02. The number of nitrogens with two attached hydrogens (primary N) is 1. The Labute approximate surface area is 107 Å². The summed E-state index contributed by atoms with van der Waals surface area (Å²) in [4.78, 5) is 0. The third kappa shape index (κ3) is 3.32. The van der Waals surface area contributed by atoms with Gasteiger partial charge in [-0.3, -0.25) is 0 Å². The number of hydrogen-bond donors (Lipinski definition) is 1. The molecule has 4 heteroatoms. The van der Waals surface area contributed by atoms with Crippen LogP contribution in [0.15, 0.2) is 34.7 Å². The minimum absolute atomic E-state index is 0.222. The minimum Gasteiger partial charge on any atom is -0.459 e. The first-order valence-electron chi connectivity index (χ1n) is 6.12. The van der Waals surface area contributed by atoms with Gasteiger partial charge in [0.2, 0.25) is 0 Å². The van der Waals surface area contributed by atoms with Crippen LogP contribution in [0.1, 0.15) is 18.2 Å². The Morgan fingerprint density at radius 3 is 2.89 bits per heavy atom. The molecule has 98 valence electrons. The number of methoxy groups -OCH3 is 1. The zero-order valence-electron chi connectivity index (χ0n) is 10.6. The lowest BCUT2D eigenvalue weighted by Gasteiger charge is -2.09. The molecule has 2 N–H and O–H groups in total. The predicted octanol–water partition coefficient (Wildman–Crippen LogP) is 2.49. The highest BCUT2D eigenvalue weighted by Gasteiger charge is 2.11. The zero-order chi connectivity index (χ0) is 12.8. The Bertz CT molecular complexity index is 448. The van der Waals surface area contributed by atoms with Crippen LogP contribution in [-0.2, 0) is 9.47 Å². The van der Waals surface area contributed by atoms with Gasteiger partial charge in [-0.15, -0.1) is 0 Å². The van der Waals surface area contributed by atoms with E-state index in [4.69, 9.17) is 19.6 Å². The van der Waals surface area contributed by atoms with Gasteiger partial charge < -0.3 is 19.6 Å². The summed E-state index contributed by atoms with van der Waals surface area (Å²) in [5.74, 6) is 0.767. The van der Waals surface area contributed by atoms with E-state index in [2.05, 4.69) is 0 Å². The summed E-state index contributed by atoms with van der Waals surface area (Å²) >= 11 is 0. The van der Waals surface area contributed by atoms with Crippen molar-refractivity contribution in [2.24, 2.45) is 5.73 Å². The van der Waals surface area contributed by atoms with Crippen molar-refractivity contribution in [3.63, 3.8) is 0 Å². The van der Waals surface area contributed by atoms with E-state index in [-0.39, 0.29) is 6.04 Å². The number of ether oxygens (including phenoxy) is 2. The van der Waals surface area contributed by atoms with Gasteiger partial charge >= 0.3 is 0 Å². The second-order valence-electron chi connectivity index (χ2n) is 4.21. The van der Waals surface area contributed by atoms with Gasteiger partial charge in [0.15, 0.2) is 0 Å². The average Bonchev–Trinajstić information content (AvgIpc) is 2.82. The second-order valence-corrected chi connectivity index (χ2v) is 4.21. The summed E-state index contributed by atoms with van der Waals surface area (Å²) in [5, 5.41) is 1.07. The van der Waals surface area contributed by atoms with Gasteiger partial charge in [0.25, 0.3) is 0 Å². The monoisotopic (exact) mass is 249 g/mol. The van der Waals surface area contributed by atoms with E-state index in [1.807, 2.05) is 30.3 Å². The summed E-state index contributed by atoms with van der Waals surface area (Å²) in [7, 11) is 1.68. The largest absolute Gasteiger partial charge is 0.459 e. The van der Waals surface area contributed by atoms with Crippen LogP contribution < -0.4 is 5.73 Å². The summed E-state index contributed by atoms with van der Waals surface area (Å²) in [6.45, 7) is 1.82. The van der Waals surface area contributed by atoms with Gasteiger partial charge in [-0.2, -0.15) is 0 Å². The molecule has 0 saturated heterocycles. The fourth-order valence-corrected chi connectivity index (χ4v) is 1.78. The third-order valence-corrected chi connectivity index (χ3v) is 2.74. The highest BCUT2D eigenvalue weighted by molar-refractivity contribution is 5.77. The van der Waals surface area contributed by atoms with E-state index in [0.29, 0.717) is 19.8 Å². The Balaban J connectivity index is 1.86. The standard InChI is InChI=1S/C14H19NO3/c1-16-7-4-8-17-10-12(15)14-9-11-5-2-3-6-13(11)18-14/h2-3,5-6,9,12H,4,7-8,10,15H2,1H3. The van der Waals surface area contributed by atoms with Crippen LogP contribution in [-0.4, -0.2) is 26.9 Å². The molecule has 4 nitrogen and oxygen atoms in total. The van der Waals surface area contributed by atoms with Crippen molar-refractivity contribution >= 4 is 11.0 Å². The van der Waals surface area contributed by atoms with Crippen LogP contribution in [0, 0.1) is 0 Å². The van der Waals surface area contributed by atoms with Gasteiger partial charge in [-0.25, -0.2) is 0 Å². The number of hydrogen-bond acceptors (Lipinski definition) is 4. The SMILES string of the molecule is COCCCOCC(N)c1cc2ccccc2o1. The van der Waals surface area contributed by atoms with E-state index < -0.39 is 0 Å². The predicted molar refractivity (Wildman–Crippen MR) is 70.5 cm³/mol. The average molecular weight is 249 g/mol. The number of benzene rings is 1. The molecule has 0 aliphatic carbocycles. The van der Waals surface area contributed by atoms with Crippen LogP contribution in [0.3, 0.4) is 0 Å². The molecule has 2 aromatic rings. The lowest BCUT2D eigenvalue weighted by atomic mass is 10.2. The molecule has 18 heavy (non-hydrogen) atoms. The number of para-hydroxylation sites is 1. The van der Waals surface area contributed by atoms with Gasteiger partial charge in [0.05, 0.1) is 12.6 Å². The lowest BCUT2D eigenvalue weighted by Crippen LogP contribution is -2.17. The highest BCUT2D eigenvalue weighted by Crippen LogP contribution is 2.22. The summed E-state index contributed by atoms with van der Waals surface area (Å²) in [6.07, 6.45) is 0.878. The molecule has 2 rings (SSSR count). The van der Waals surface area contributed by atoms with E-state index in [0.717, 1.165) is 23.2 Å². The third-order valence-electron chi connectivity index (χ3n) is 2.74. The van der Waals surface area contributed by atoms with Crippen LogP contribution >= 0.6 is 0 Å². The molecule has 0 aliphatic heterocycles. The first kappa shape index (κ1) is 13.1. The molecule has 1 heterocycles. The molecular formula is C14H19NO3. The number of furan rings is 1. The van der Waals surface area contributed by atoms with E-state index in [1.165, 1.54) is 0 Å². The van der Waals surface area contributed by atoms with Crippen molar-refractivity contribution in [1.29, 1.82) is 0 Å². The van der Waals surface area contributed by atoms with E-state index >= 15 is 0 Å². The molecule has 0 radical (unpaired) electrons. The number of rotatable bonds is 7. The van der Waals surface area contributed by atoms with Crippen molar-refractivity contribution in [3.05, 3.63) is 36.1 Å². The Hall–Kier alpha value is -1.36. The Kier molecular flexibility index (Phi) is 4.75. The Morgan fingerprint density at radius 1 is 1.28 bits per heavy atom.